The van der Waals surface area contributed by atoms with Crippen LogP contribution < -0.4 is 5.32 Å². The topological polar surface area (TPSA) is 15.3 Å². The molecule has 0 unspecified atom stereocenters. The van der Waals surface area contributed by atoms with Crippen molar-refractivity contribution in [3.63, 3.8) is 0 Å². The van der Waals surface area contributed by atoms with Crippen molar-refractivity contribution in [1.29, 1.82) is 0 Å². The molecule has 1 rings (SSSR count). The summed E-state index contributed by atoms with van der Waals surface area (Å²) in [5, 5.41) is 3.50. The fourth-order valence-electron chi connectivity index (χ4n) is 2.03. The fourth-order valence-corrected chi connectivity index (χ4v) is 2.03. The Morgan fingerprint density at radius 3 is 2.56 bits per heavy atom. The number of hydrogen-bond donors (Lipinski definition) is 1. The lowest BCUT2D eigenvalue weighted by molar-refractivity contribution is 0.311. The molecule has 1 aliphatic rings. The van der Waals surface area contributed by atoms with E-state index in [1.807, 2.05) is 0 Å². The number of nitrogens with zero attached hydrogens (tertiary/aromatic N) is 1. The molecule has 0 aromatic carbocycles. The number of unbranched alkanes of at least 4 members (excludes halogenated alkanes) is 2. The van der Waals surface area contributed by atoms with Gasteiger partial charge < -0.3 is 10.2 Å². The summed E-state index contributed by atoms with van der Waals surface area (Å²) in [6.07, 6.45) is 7.03. The first-order valence-electron chi connectivity index (χ1n) is 7.07. The lowest BCUT2D eigenvalue weighted by Crippen LogP contribution is -2.23. The third kappa shape index (κ3) is 8.12. The van der Waals surface area contributed by atoms with Gasteiger partial charge in [-0.15, -0.1) is 0 Å². The van der Waals surface area contributed by atoms with Gasteiger partial charge in [-0.25, -0.2) is 0 Å². The second-order valence-corrected chi connectivity index (χ2v) is 5.86. The summed E-state index contributed by atoms with van der Waals surface area (Å²) in [6, 6.07) is 0. The largest absolute Gasteiger partial charge is 0.316 e. The predicted molar refractivity (Wildman–Crippen MR) is 71.8 cm³/mol. The van der Waals surface area contributed by atoms with E-state index in [0.717, 1.165) is 11.8 Å². The summed E-state index contributed by atoms with van der Waals surface area (Å²) in [7, 11) is 2.27. The molecule has 2 heteroatoms. The molecular formula is C14H30N2. The van der Waals surface area contributed by atoms with Gasteiger partial charge in [0.1, 0.15) is 0 Å². The van der Waals surface area contributed by atoms with Gasteiger partial charge in [0.15, 0.2) is 0 Å². The van der Waals surface area contributed by atoms with Gasteiger partial charge in [0, 0.05) is 6.54 Å². The van der Waals surface area contributed by atoms with Crippen LogP contribution in [0.4, 0.5) is 0 Å². The SMILES string of the molecule is CC(C)CNCCCCCN(C)CC1CC1. The Hall–Kier alpha value is -0.0800. The zero-order chi connectivity index (χ0) is 11.8. The van der Waals surface area contributed by atoms with Gasteiger partial charge in [-0.3, -0.25) is 0 Å². The molecule has 1 saturated carbocycles. The molecule has 2 nitrogen and oxygen atoms in total. The molecule has 1 aliphatic carbocycles. The van der Waals surface area contributed by atoms with Gasteiger partial charge >= 0.3 is 0 Å². The Labute approximate surface area is 102 Å². The highest BCUT2D eigenvalue weighted by Crippen LogP contribution is 2.29. The first-order valence-corrected chi connectivity index (χ1v) is 7.07. The molecule has 0 amide bonds. The van der Waals surface area contributed by atoms with Crippen LogP contribution in [0.25, 0.3) is 0 Å². The molecule has 0 saturated heterocycles. The summed E-state index contributed by atoms with van der Waals surface area (Å²) in [5.74, 6) is 1.82. The lowest BCUT2D eigenvalue weighted by Gasteiger charge is -2.15. The van der Waals surface area contributed by atoms with E-state index in [4.69, 9.17) is 0 Å². The first-order chi connectivity index (χ1) is 7.68. The molecule has 0 spiro atoms. The lowest BCUT2D eigenvalue weighted by atomic mass is 10.2. The zero-order valence-electron chi connectivity index (χ0n) is 11.5. The van der Waals surface area contributed by atoms with Crippen molar-refractivity contribution < 1.29 is 0 Å². The Morgan fingerprint density at radius 1 is 1.19 bits per heavy atom. The minimum Gasteiger partial charge on any atom is -0.316 e. The molecule has 1 fully saturated rings. The van der Waals surface area contributed by atoms with Crippen molar-refractivity contribution in [1.82, 2.24) is 10.2 Å². The summed E-state index contributed by atoms with van der Waals surface area (Å²) < 4.78 is 0. The van der Waals surface area contributed by atoms with E-state index in [-0.39, 0.29) is 0 Å². The van der Waals surface area contributed by atoms with Crippen molar-refractivity contribution in [3.05, 3.63) is 0 Å². The number of rotatable bonds is 10. The minimum absolute atomic E-state index is 0.782. The Bertz CT molecular complexity index is 164. The monoisotopic (exact) mass is 226 g/mol. The Balaban J connectivity index is 1.76. The van der Waals surface area contributed by atoms with Crippen molar-refractivity contribution in [2.45, 2.75) is 46.0 Å². The van der Waals surface area contributed by atoms with Gasteiger partial charge in [-0.2, -0.15) is 0 Å². The average molecular weight is 226 g/mol. The quantitative estimate of drug-likeness (QED) is 0.576. The first kappa shape index (κ1) is 14.0. The normalized spacial score (nSPS) is 16.3. The minimum atomic E-state index is 0.782. The standard InChI is InChI=1S/C14H30N2/c1-13(2)11-15-9-5-4-6-10-16(3)12-14-7-8-14/h13-15H,4-12H2,1-3H3. The molecule has 0 aliphatic heterocycles. The van der Waals surface area contributed by atoms with E-state index in [9.17, 15) is 0 Å². The summed E-state index contributed by atoms with van der Waals surface area (Å²) >= 11 is 0. The van der Waals surface area contributed by atoms with Crippen LogP contribution in [0.3, 0.4) is 0 Å². The molecule has 16 heavy (non-hydrogen) atoms. The van der Waals surface area contributed by atoms with E-state index in [1.54, 1.807) is 0 Å². The molecule has 0 aromatic heterocycles. The summed E-state index contributed by atoms with van der Waals surface area (Å²) in [4.78, 5) is 2.51. The van der Waals surface area contributed by atoms with Crippen LogP contribution >= 0.6 is 0 Å². The molecule has 0 aromatic rings. The van der Waals surface area contributed by atoms with Gasteiger partial charge in [-0.1, -0.05) is 20.3 Å². The molecule has 0 bridgehead atoms. The van der Waals surface area contributed by atoms with Crippen LogP contribution in [-0.4, -0.2) is 38.1 Å². The van der Waals surface area contributed by atoms with E-state index >= 15 is 0 Å². The van der Waals surface area contributed by atoms with Crippen LogP contribution in [0.1, 0.15) is 46.0 Å². The molecule has 0 heterocycles. The van der Waals surface area contributed by atoms with Gasteiger partial charge in [0.2, 0.25) is 0 Å². The van der Waals surface area contributed by atoms with Gasteiger partial charge in [-0.05, 0) is 64.2 Å². The molecule has 96 valence electrons. The zero-order valence-corrected chi connectivity index (χ0v) is 11.5. The Kier molecular flexibility index (Phi) is 7.06. The highest BCUT2D eigenvalue weighted by atomic mass is 15.1. The van der Waals surface area contributed by atoms with Gasteiger partial charge in [0.25, 0.3) is 0 Å². The van der Waals surface area contributed by atoms with Crippen LogP contribution in [-0.2, 0) is 0 Å². The van der Waals surface area contributed by atoms with E-state index < -0.39 is 0 Å². The van der Waals surface area contributed by atoms with E-state index in [1.165, 1.54) is 58.3 Å². The maximum Gasteiger partial charge on any atom is 0.000661 e. The molecule has 1 N–H and O–H groups in total. The molecule has 0 radical (unpaired) electrons. The van der Waals surface area contributed by atoms with Crippen molar-refractivity contribution in [3.8, 4) is 0 Å². The summed E-state index contributed by atoms with van der Waals surface area (Å²) in [6.45, 7) is 9.53. The van der Waals surface area contributed by atoms with Crippen LogP contribution in [0.2, 0.25) is 0 Å². The smallest absolute Gasteiger partial charge is 0.000661 e. The van der Waals surface area contributed by atoms with Crippen LogP contribution in [0.15, 0.2) is 0 Å². The molecule has 0 atom stereocenters. The molecular weight excluding hydrogens is 196 g/mol. The second kappa shape index (κ2) is 8.08. The highest BCUT2D eigenvalue weighted by Gasteiger charge is 2.22. The fraction of sp³-hybridized carbons (Fsp3) is 1.00. The maximum atomic E-state index is 3.50. The number of nitrogens with one attached hydrogen (secondary N) is 1. The predicted octanol–water partition coefficient (Wildman–Crippen LogP) is 2.74. The van der Waals surface area contributed by atoms with Crippen LogP contribution in [0.5, 0.6) is 0 Å². The number of hydrogen-bond acceptors (Lipinski definition) is 2. The van der Waals surface area contributed by atoms with Gasteiger partial charge in [0.05, 0.1) is 0 Å². The Morgan fingerprint density at radius 2 is 1.94 bits per heavy atom. The van der Waals surface area contributed by atoms with Crippen molar-refractivity contribution in [2.75, 3.05) is 33.2 Å². The highest BCUT2D eigenvalue weighted by molar-refractivity contribution is 4.75. The van der Waals surface area contributed by atoms with E-state index in [0.29, 0.717) is 0 Å². The van der Waals surface area contributed by atoms with Crippen molar-refractivity contribution >= 4 is 0 Å². The third-order valence-electron chi connectivity index (χ3n) is 3.21. The van der Waals surface area contributed by atoms with E-state index in [2.05, 4.69) is 31.1 Å². The average Bonchev–Trinajstić information content (AvgIpc) is 2.99. The maximum absolute atomic E-state index is 3.50. The summed E-state index contributed by atoms with van der Waals surface area (Å²) in [5.41, 5.74) is 0. The van der Waals surface area contributed by atoms with Crippen molar-refractivity contribution in [2.24, 2.45) is 11.8 Å². The second-order valence-electron chi connectivity index (χ2n) is 5.86. The third-order valence-corrected chi connectivity index (χ3v) is 3.21. The van der Waals surface area contributed by atoms with Crippen LogP contribution in [0, 0.1) is 11.8 Å².